The zero-order valence-corrected chi connectivity index (χ0v) is 13.5. The van der Waals surface area contributed by atoms with Crippen molar-refractivity contribution in [1.29, 1.82) is 0 Å². The second kappa shape index (κ2) is 5.60. The Morgan fingerprint density at radius 2 is 2.24 bits per heavy atom. The SMILES string of the molecule is Cc1cnc([C@H]2CCCN(C(=O)c3cn(C)nc3C)C2)s1. The Hall–Kier alpha value is -1.69. The van der Waals surface area contributed by atoms with Crippen LogP contribution in [0.5, 0.6) is 0 Å². The lowest BCUT2D eigenvalue weighted by molar-refractivity contribution is 0.0706. The van der Waals surface area contributed by atoms with Crippen LogP contribution in [0, 0.1) is 13.8 Å². The average molecular weight is 304 g/mol. The Bertz CT molecular complexity index is 660. The van der Waals surface area contributed by atoms with Gasteiger partial charge in [0.2, 0.25) is 0 Å². The summed E-state index contributed by atoms with van der Waals surface area (Å²) in [5.74, 6) is 0.469. The first kappa shape index (κ1) is 14.3. The second-order valence-corrected chi connectivity index (χ2v) is 6.97. The number of carbonyl (C=O) groups is 1. The number of hydrogen-bond acceptors (Lipinski definition) is 4. The number of nitrogens with zero attached hydrogens (tertiary/aromatic N) is 4. The van der Waals surface area contributed by atoms with Gasteiger partial charge in [-0.2, -0.15) is 5.10 Å². The van der Waals surface area contributed by atoms with Crippen molar-refractivity contribution < 1.29 is 4.79 Å². The van der Waals surface area contributed by atoms with Gasteiger partial charge in [-0.05, 0) is 26.7 Å². The number of thiazole rings is 1. The molecule has 6 heteroatoms. The molecule has 3 heterocycles. The average Bonchev–Trinajstić information content (AvgIpc) is 3.04. The number of hydrogen-bond donors (Lipinski definition) is 0. The second-order valence-electron chi connectivity index (χ2n) is 5.70. The number of carbonyl (C=O) groups excluding carboxylic acids is 1. The number of aromatic nitrogens is 3. The highest BCUT2D eigenvalue weighted by Gasteiger charge is 2.28. The van der Waals surface area contributed by atoms with Gasteiger partial charge in [-0.15, -0.1) is 11.3 Å². The third-order valence-electron chi connectivity index (χ3n) is 3.94. The molecule has 1 aliphatic heterocycles. The fourth-order valence-electron chi connectivity index (χ4n) is 2.90. The fraction of sp³-hybridized carbons (Fsp3) is 0.533. The van der Waals surface area contributed by atoms with Gasteiger partial charge in [0.1, 0.15) is 0 Å². The van der Waals surface area contributed by atoms with Crippen LogP contribution in [-0.4, -0.2) is 38.7 Å². The van der Waals surface area contributed by atoms with Gasteiger partial charge in [0.25, 0.3) is 5.91 Å². The molecular formula is C15H20N4OS. The first-order valence-electron chi connectivity index (χ1n) is 7.26. The van der Waals surface area contributed by atoms with E-state index in [2.05, 4.69) is 17.0 Å². The lowest BCUT2D eigenvalue weighted by atomic mass is 9.98. The minimum absolute atomic E-state index is 0.0959. The van der Waals surface area contributed by atoms with Crippen molar-refractivity contribution in [2.75, 3.05) is 13.1 Å². The Morgan fingerprint density at radius 1 is 1.43 bits per heavy atom. The normalized spacial score (nSPS) is 19.0. The van der Waals surface area contributed by atoms with Crippen molar-refractivity contribution >= 4 is 17.2 Å². The van der Waals surface area contributed by atoms with Crippen LogP contribution in [0.3, 0.4) is 0 Å². The van der Waals surface area contributed by atoms with Crippen LogP contribution in [-0.2, 0) is 7.05 Å². The van der Waals surface area contributed by atoms with Crippen molar-refractivity contribution in [2.24, 2.45) is 7.05 Å². The molecule has 1 amide bonds. The minimum Gasteiger partial charge on any atom is -0.338 e. The van der Waals surface area contributed by atoms with Crippen molar-refractivity contribution in [3.8, 4) is 0 Å². The molecule has 0 spiro atoms. The van der Waals surface area contributed by atoms with Crippen LogP contribution in [0.1, 0.15) is 44.7 Å². The number of piperidine rings is 1. The summed E-state index contributed by atoms with van der Waals surface area (Å²) in [6.07, 6.45) is 5.89. The Morgan fingerprint density at radius 3 is 2.86 bits per heavy atom. The molecule has 0 bridgehead atoms. The summed E-state index contributed by atoms with van der Waals surface area (Å²) in [6, 6.07) is 0. The molecule has 21 heavy (non-hydrogen) atoms. The number of aryl methyl sites for hydroxylation is 3. The summed E-state index contributed by atoms with van der Waals surface area (Å²) in [4.78, 5) is 20.3. The van der Waals surface area contributed by atoms with Crippen LogP contribution in [0.4, 0.5) is 0 Å². The molecule has 1 aliphatic rings. The van der Waals surface area contributed by atoms with Gasteiger partial charge < -0.3 is 4.90 Å². The molecule has 1 fully saturated rings. The summed E-state index contributed by atoms with van der Waals surface area (Å²) in [6.45, 7) is 5.55. The Labute approximate surface area is 128 Å². The van der Waals surface area contributed by atoms with E-state index in [1.54, 1.807) is 16.0 Å². The van der Waals surface area contributed by atoms with E-state index in [1.807, 2.05) is 31.3 Å². The highest BCUT2D eigenvalue weighted by molar-refractivity contribution is 7.11. The highest BCUT2D eigenvalue weighted by Crippen LogP contribution is 2.30. The smallest absolute Gasteiger partial charge is 0.257 e. The standard InChI is InChI=1S/C15H20N4OS/c1-10-7-16-14(21-10)12-5-4-6-19(8-12)15(20)13-9-18(3)17-11(13)2/h7,9,12H,4-6,8H2,1-3H3/t12-/m0/s1. The molecule has 2 aromatic rings. The highest BCUT2D eigenvalue weighted by atomic mass is 32.1. The van der Waals surface area contributed by atoms with Gasteiger partial charge in [-0.1, -0.05) is 0 Å². The Balaban J connectivity index is 1.77. The third kappa shape index (κ3) is 2.85. The summed E-state index contributed by atoms with van der Waals surface area (Å²) >= 11 is 1.75. The van der Waals surface area contributed by atoms with Gasteiger partial charge >= 0.3 is 0 Å². The van der Waals surface area contributed by atoms with Gasteiger partial charge in [-0.25, -0.2) is 4.98 Å². The molecule has 0 aliphatic carbocycles. The van der Waals surface area contributed by atoms with Crippen LogP contribution in [0.25, 0.3) is 0 Å². The predicted molar refractivity (Wildman–Crippen MR) is 82.7 cm³/mol. The van der Waals surface area contributed by atoms with Gasteiger partial charge in [0.05, 0.1) is 16.3 Å². The summed E-state index contributed by atoms with van der Waals surface area (Å²) < 4.78 is 1.70. The first-order valence-corrected chi connectivity index (χ1v) is 8.08. The van der Waals surface area contributed by atoms with E-state index < -0.39 is 0 Å². The largest absolute Gasteiger partial charge is 0.338 e. The molecule has 0 aromatic carbocycles. The maximum Gasteiger partial charge on any atom is 0.257 e. The maximum absolute atomic E-state index is 12.7. The molecule has 5 nitrogen and oxygen atoms in total. The molecular weight excluding hydrogens is 284 g/mol. The summed E-state index contributed by atoms with van der Waals surface area (Å²) in [7, 11) is 1.85. The molecule has 0 saturated carbocycles. The zero-order valence-electron chi connectivity index (χ0n) is 12.7. The van der Waals surface area contributed by atoms with Crippen LogP contribution >= 0.6 is 11.3 Å². The van der Waals surface area contributed by atoms with E-state index >= 15 is 0 Å². The topological polar surface area (TPSA) is 51.0 Å². The van der Waals surface area contributed by atoms with Crippen molar-refractivity contribution in [3.05, 3.63) is 33.5 Å². The van der Waals surface area contributed by atoms with Crippen LogP contribution in [0.15, 0.2) is 12.4 Å². The maximum atomic E-state index is 12.7. The number of likely N-dealkylation sites (tertiary alicyclic amines) is 1. The number of rotatable bonds is 2. The fourth-order valence-corrected chi connectivity index (χ4v) is 3.80. The lowest BCUT2D eigenvalue weighted by Crippen LogP contribution is -2.39. The van der Waals surface area contributed by atoms with E-state index in [4.69, 9.17) is 0 Å². The first-order chi connectivity index (χ1) is 10.0. The van der Waals surface area contributed by atoms with Gasteiger partial charge in [0, 0.05) is 43.3 Å². The molecule has 2 aromatic heterocycles. The molecule has 1 atom stereocenters. The van der Waals surface area contributed by atoms with Crippen LogP contribution < -0.4 is 0 Å². The molecule has 0 radical (unpaired) electrons. The quantitative estimate of drug-likeness (QED) is 0.856. The van der Waals surface area contributed by atoms with Crippen molar-refractivity contribution in [3.63, 3.8) is 0 Å². The summed E-state index contributed by atoms with van der Waals surface area (Å²) in [5, 5.41) is 5.43. The lowest BCUT2D eigenvalue weighted by Gasteiger charge is -2.31. The van der Waals surface area contributed by atoms with Gasteiger partial charge in [0.15, 0.2) is 0 Å². The van der Waals surface area contributed by atoms with E-state index in [1.165, 1.54) is 4.88 Å². The van der Waals surface area contributed by atoms with Crippen molar-refractivity contribution in [2.45, 2.75) is 32.6 Å². The van der Waals surface area contributed by atoms with Gasteiger partial charge in [-0.3, -0.25) is 9.48 Å². The summed E-state index contributed by atoms with van der Waals surface area (Å²) in [5.41, 5.74) is 1.52. The number of amides is 1. The predicted octanol–water partition coefficient (Wildman–Crippen LogP) is 2.51. The molecule has 0 unspecified atom stereocenters. The zero-order chi connectivity index (χ0) is 15.0. The molecule has 0 N–H and O–H groups in total. The third-order valence-corrected chi connectivity index (χ3v) is 5.02. The molecule has 3 rings (SSSR count). The monoisotopic (exact) mass is 304 g/mol. The molecule has 112 valence electrons. The van der Waals surface area contributed by atoms with E-state index in [0.29, 0.717) is 11.5 Å². The minimum atomic E-state index is 0.0959. The Kier molecular flexibility index (Phi) is 3.80. The van der Waals surface area contributed by atoms with E-state index in [9.17, 15) is 4.79 Å². The van der Waals surface area contributed by atoms with Crippen LogP contribution in [0.2, 0.25) is 0 Å². The molecule has 1 saturated heterocycles. The van der Waals surface area contributed by atoms with E-state index in [0.717, 1.165) is 36.6 Å². The van der Waals surface area contributed by atoms with Crippen molar-refractivity contribution in [1.82, 2.24) is 19.7 Å². The van der Waals surface area contributed by atoms with E-state index in [-0.39, 0.29) is 5.91 Å².